The van der Waals surface area contributed by atoms with E-state index < -0.39 is 24.3 Å². The lowest BCUT2D eigenvalue weighted by Crippen LogP contribution is -2.30. The molecule has 0 unspecified atom stereocenters. The Kier molecular flexibility index (Phi) is 10.8. The van der Waals surface area contributed by atoms with Crippen LogP contribution < -0.4 is 5.32 Å². The highest BCUT2D eigenvalue weighted by molar-refractivity contribution is 5.68. The lowest BCUT2D eigenvalue weighted by molar-refractivity contribution is -0.162. The number of esters is 1. The van der Waals surface area contributed by atoms with Gasteiger partial charge in [0.25, 0.3) is 0 Å². The predicted octanol–water partition coefficient (Wildman–Crippen LogP) is 2.93. The van der Waals surface area contributed by atoms with E-state index in [1.165, 1.54) is 13.8 Å². The molecule has 0 aliphatic rings. The van der Waals surface area contributed by atoms with E-state index >= 15 is 0 Å². The van der Waals surface area contributed by atoms with Gasteiger partial charge in [-0.2, -0.15) is 0 Å². The smallest absolute Gasteiger partial charge is 0.410 e. The Bertz CT molecular complexity index is 383. The van der Waals surface area contributed by atoms with E-state index in [0.29, 0.717) is 24.8 Å². The van der Waals surface area contributed by atoms with E-state index in [1.807, 2.05) is 0 Å². The summed E-state index contributed by atoms with van der Waals surface area (Å²) in [5, 5.41) is 11.4. The molecule has 23 heavy (non-hydrogen) atoms. The van der Waals surface area contributed by atoms with Crippen molar-refractivity contribution in [1.82, 2.24) is 5.32 Å². The minimum atomic E-state index is -0.920. The molecule has 7 nitrogen and oxygen atoms in total. The molecule has 0 saturated carbocycles. The zero-order valence-electron chi connectivity index (χ0n) is 14.5. The largest absolute Gasteiger partial charge is 0.481 e. The Labute approximate surface area is 137 Å². The van der Waals surface area contributed by atoms with Crippen LogP contribution in [0.2, 0.25) is 0 Å². The number of carbonyl (C=O) groups excluding carboxylic acids is 2. The molecule has 0 fully saturated rings. The highest BCUT2D eigenvalue weighted by atomic mass is 16.7. The molecule has 0 rings (SSSR count). The average molecular weight is 331 g/mol. The first-order valence-corrected chi connectivity index (χ1v) is 8.04. The summed E-state index contributed by atoms with van der Waals surface area (Å²) >= 11 is 0. The molecule has 0 aromatic carbocycles. The summed E-state index contributed by atoms with van der Waals surface area (Å²) in [7, 11) is 0. The molecule has 2 N–H and O–H groups in total. The number of amides is 1. The van der Waals surface area contributed by atoms with Gasteiger partial charge < -0.3 is 19.9 Å². The maximum atomic E-state index is 11.5. The predicted molar refractivity (Wildman–Crippen MR) is 84.8 cm³/mol. The van der Waals surface area contributed by atoms with Crippen LogP contribution in [0.3, 0.4) is 0 Å². The summed E-state index contributed by atoms with van der Waals surface area (Å²) in [6, 6.07) is 0. The van der Waals surface area contributed by atoms with E-state index in [-0.39, 0.29) is 6.42 Å². The molecule has 0 aromatic heterocycles. The van der Waals surface area contributed by atoms with Gasteiger partial charge >= 0.3 is 18.0 Å². The maximum absolute atomic E-state index is 11.5. The second-order valence-electron chi connectivity index (χ2n) is 6.08. The van der Waals surface area contributed by atoms with E-state index in [1.54, 1.807) is 0 Å². The van der Waals surface area contributed by atoms with Crippen LogP contribution >= 0.6 is 0 Å². The van der Waals surface area contributed by atoms with Gasteiger partial charge in [0.05, 0.1) is 0 Å². The van der Waals surface area contributed by atoms with Crippen LogP contribution in [0, 0.1) is 11.8 Å². The number of ether oxygens (including phenoxy) is 2. The fourth-order valence-electron chi connectivity index (χ4n) is 2.41. The van der Waals surface area contributed by atoms with Gasteiger partial charge in [0.2, 0.25) is 6.29 Å². The Morgan fingerprint density at radius 3 is 2.26 bits per heavy atom. The number of nitrogens with one attached hydrogen (secondary N) is 1. The van der Waals surface area contributed by atoms with Crippen molar-refractivity contribution in [3.63, 3.8) is 0 Å². The van der Waals surface area contributed by atoms with Crippen LogP contribution in [0.25, 0.3) is 0 Å². The van der Waals surface area contributed by atoms with Gasteiger partial charge in [-0.25, -0.2) is 4.79 Å². The quantitative estimate of drug-likeness (QED) is 0.343. The third-order valence-electron chi connectivity index (χ3n) is 3.23. The second kappa shape index (κ2) is 11.7. The standard InChI is InChI=1S/C16H29NO6/c1-11(2)10-14(7-8-15(19)20)6-5-9-17-16(21)23-13(4)22-12(3)18/h11,13-14H,5-10H2,1-4H3,(H,17,21)(H,19,20)/t13-,14-/m1/s1. The summed E-state index contributed by atoms with van der Waals surface area (Å²) in [6.07, 6.45) is 1.84. The number of aliphatic carboxylic acids is 1. The first-order valence-electron chi connectivity index (χ1n) is 8.04. The van der Waals surface area contributed by atoms with Gasteiger partial charge in [0.15, 0.2) is 0 Å². The zero-order chi connectivity index (χ0) is 17.8. The van der Waals surface area contributed by atoms with Crippen LogP contribution in [0.5, 0.6) is 0 Å². The Hall–Kier alpha value is -1.79. The summed E-state index contributed by atoms with van der Waals surface area (Å²) < 4.78 is 9.53. The monoisotopic (exact) mass is 331 g/mol. The van der Waals surface area contributed by atoms with Crippen molar-refractivity contribution in [3.8, 4) is 0 Å². The van der Waals surface area contributed by atoms with E-state index in [9.17, 15) is 14.4 Å². The third kappa shape index (κ3) is 13.6. The van der Waals surface area contributed by atoms with E-state index in [0.717, 1.165) is 19.3 Å². The Morgan fingerprint density at radius 1 is 1.09 bits per heavy atom. The van der Waals surface area contributed by atoms with Crippen molar-refractivity contribution in [1.29, 1.82) is 0 Å². The molecule has 0 aromatic rings. The summed E-state index contributed by atoms with van der Waals surface area (Å²) in [4.78, 5) is 32.8. The van der Waals surface area contributed by atoms with Gasteiger partial charge in [-0.1, -0.05) is 13.8 Å². The van der Waals surface area contributed by atoms with Crippen molar-refractivity contribution >= 4 is 18.0 Å². The van der Waals surface area contributed by atoms with Gasteiger partial charge in [-0.15, -0.1) is 0 Å². The summed E-state index contributed by atoms with van der Waals surface area (Å²) in [5.41, 5.74) is 0. The number of carbonyl (C=O) groups is 3. The third-order valence-corrected chi connectivity index (χ3v) is 3.23. The Balaban J connectivity index is 3.96. The number of hydrogen-bond acceptors (Lipinski definition) is 5. The van der Waals surface area contributed by atoms with Crippen molar-refractivity contribution in [2.24, 2.45) is 11.8 Å². The van der Waals surface area contributed by atoms with Crippen molar-refractivity contribution in [2.45, 2.75) is 66.1 Å². The number of alkyl carbamates (subject to hydrolysis) is 1. The average Bonchev–Trinajstić information content (AvgIpc) is 2.38. The fraction of sp³-hybridized carbons (Fsp3) is 0.812. The zero-order valence-corrected chi connectivity index (χ0v) is 14.5. The molecule has 0 aliphatic heterocycles. The topological polar surface area (TPSA) is 102 Å². The SMILES string of the molecule is CC(=O)O[C@@H](C)OC(=O)NCCC[C@H](CCC(=O)O)CC(C)C. The van der Waals surface area contributed by atoms with E-state index in [4.69, 9.17) is 9.84 Å². The molecule has 0 bridgehead atoms. The van der Waals surface area contributed by atoms with Crippen LogP contribution in [0.4, 0.5) is 4.79 Å². The van der Waals surface area contributed by atoms with Crippen molar-refractivity contribution in [3.05, 3.63) is 0 Å². The highest BCUT2D eigenvalue weighted by Crippen LogP contribution is 2.22. The number of rotatable bonds is 11. The van der Waals surface area contributed by atoms with Gasteiger partial charge in [-0.3, -0.25) is 9.59 Å². The molecule has 0 aliphatic carbocycles. The molecular formula is C16H29NO6. The number of hydrogen-bond donors (Lipinski definition) is 2. The second-order valence-corrected chi connectivity index (χ2v) is 6.08. The van der Waals surface area contributed by atoms with Crippen LogP contribution in [0.1, 0.15) is 59.8 Å². The molecule has 0 spiro atoms. The fourth-order valence-corrected chi connectivity index (χ4v) is 2.41. The van der Waals surface area contributed by atoms with Gasteiger partial charge in [-0.05, 0) is 37.5 Å². The molecular weight excluding hydrogens is 302 g/mol. The first-order chi connectivity index (χ1) is 10.7. The van der Waals surface area contributed by atoms with Crippen molar-refractivity contribution < 1.29 is 29.0 Å². The number of carboxylic acid groups (broad SMARTS) is 1. The maximum Gasteiger partial charge on any atom is 0.410 e. The molecule has 2 atom stereocenters. The van der Waals surface area contributed by atoms with Gasteiger partial charge in [0.1, 0.15) is 0 Å². The number of carboxylic acids is 1. The molecule has 0 radical (unpaired) electrons. The lowest BCUT2D eigenvalue weighted by atomic mass is 9.89. The first kappa shape index (κ1) is 21.2. The van der Waals surface area contributed by atoms with Crippen LogP contribution in [-0.4, -0.2) is 36.0 Å². The van der Waals surface area contributed by atoms with Gasteiger partial charge in [0, 0.05) is 26.8 Å². The molecule has 134 valence electrons. The molecule has 0 heterocycles. The summed E-state index contributed by atoms with van der Waals surface area (Å²) in [5.74, 6) is -0.444. The molecule has 7 heteroatoms. The Morgan fingerprint density at radius 2 is 1.74 bits per heavy atom. The minimum absolute atomic E-state index is 0.173. The van der Waals surface area contributed by atoms with Crippen LogP contribution in [0.15, 0.2) is 0 Å². The lowest BCUT2D eigenvalue weighted by Gasteiger charge is -2.18. The minimum Gasteiger partial charge on any atom is -0.481 e. The van der Waals surface area contributed by atoms with Crippen molar-refractivity contribution in [2.75, 3.05) is 6.54 Å². The normalized spacial score (nSPS) is 13.3. The van der Waals surface area contributed by atoms with Crippen LogP contribution in [-0.2, 0) is 19.1 Å². The summed E-state index contributed by atoms with van der Waals surface area (Å²) in [6.45, 7) is 7.36. The molecule has 1 amide bonds. The molecule has 0 saturated heterocycles. The highest BCUT2D eigenvalue weighted by Gasteiger charge is 2.14. The van der Waals surface area contributed by atoms with E-state index in [2.05, 4.69) is 23.9 Å².